The van der Waals surface area contributed by atoms with Crippen molar-refractivity contribution in [2.24, 2.45) is 5.73 Å². The van der Waals surface area contributed by atoms with Crippen molar-refractivity contribution in [3.8, 4) is 0 Å². The van der Waals surface area contributed by atoms with Gasteiger partial charge in [0.05, 0.1) is 0 Å². The second-order valence-electron chi connectivity index (χ2n) is 3.89. The molecular formula is C11H30N2O4Si2. The molecule has 0 aromatic rings. The zero-order valence-electron chi connectivity index (χ0n) is 12.6. The van der Waals surface area contributed by atoms with Crippen molar-refractivity contribution in [1.82, 2.24) is 5.32 Å². The molecule has 0 saturated carbocycles. The molecule has 0 heterocycles. The Balaban J connectivity index is 3.89. The van der Waals surface area contributed by atoms with Crippen LogP contribution in [0.2, 0.25) is 6.04 Å². The second-order valence-corrected chi connectivity index (χ2v) is 8.03. The molecule has 6 nitrogen and oxygen atoms in total. The summed E-state index contributed by atoms with van der Waals surface area (Å²) in [5.74, 6) is 0. The molecule has 0 aliphatic heterocycles. The van der Waals surface area contributed by atoms with E-state index in [1.807, 2.05) is 20.8 Å². The van der Waals surface area contributed by atoms with Crippen molar-refractivity contribution in [2.75, 3.05) is 39.5 Å². The normalized spacial score (nSPS) is 12.6. The van der Waals surface area contributed by atoms with Crippen LogP contribution in [0.3, 0.4) is 0 Å². The lowest BCUT2D eigenvalue weighted by atomic mass is 10.5. The molecule has 19 heavy (non-hydrogen) atoms. The predicted molar refractivity (Wildman–Crippen MR) is 81.6 cm³/mol. The lowest BCUT2D eigenvalue weighted by Gasteiger charge is -2.27. The van der Waals surface area contributed by atoms with Gasteiger partial charge in [0.2, 0.25) is 0 Å². The minimum atomic E-state index is -2.85. The molecule has 0 radical (unpaired) electrons. The van der Waals surface area contributed by atoms with Gasteiger partial charge in [0.15, 0.2) is 9.76 Å². The zero-order chi connectivity index (χ0) is 14.4. The Labute approximate surface area is 120 Å². The Morgan fingerprint density at radius 3 is 2.05 bits per heavy atom. The Morgan fingerprint density at radius 2 is 1.58 bits per heavy atom. The summed E-state index contributed by atoms with van der Waals surface area (Å²) in [6.07, 6.45) is 1.10. The van der Waals surface area contributed by atoms with Crippen LogP contribution in [-0.4, -0.2) is 58.3 Å². The molecule has 0 aromatic heterocycles. The van der Waals surface area contributed by atoms with E-state index in [-0.39, 0.29) is 0 Å². The van der Waals surface area contributed by atoms with Gasteiger partial charge >= 0.3 is 9.05 Å². The molecule has 116 valence electrons. The molecule has 0 fully saturated rings. The fraction of sp³-hybridized carbons (Fsp3) is 1.00. The highest BCUT2D eigenvalue weighted by Crippen LogP contribution is 2.12. The molecule has 0 atom stereocenters. The Hall–Kier alpha value is 0.194. The highest BCUT2D eigenvalue weighted by Gasteiger charge is 2.43. The molecule has 0 saturated heterocycles. The maximum atomic E-state index is 5.92. The van der Waals surface area contributed by atoms with Crippen molar-refractivity contribution >= 4 is 18.8 Å². The van der Waals surface area contributed by atoms with E-state index in [0.29, 0.717) is 26.4 Å². The van der Waals surface area contributed by atoms with Gasteiger partial charge in [-0.3, -0.25) is 0 Å². The summed E-state index contributed by atoms with van der Waals surface area (Å²) in [4.78, 5) is 0. The van der Waals surface area contributed by atoms with Crippen molar-refractivity contribution < 1.29 is 17.4 Å². The molecular weight excluding hydrogens is 280 g/mol. The van der Waals surface area contributed by atoms with Gasteiger partial charge in [0.1, 0.15) is 0 Å². The third-order valence-corrected chi connectivity index (χ3v) is 7.26. The Morgan fingerprint density at radius 1 is 1.00 bits per heavy atom. The van der Waals surface area contributed by atoms with Crippen molar-refractivity contribution in [2.45, 2.75) is 33.2 Å². The van der Waals surface area contributed by atoms with Gasteiger partial charge in [-0.1, -0.05) is 0 Å². The summed E-state index contributed by atoms with van der Waals surface area (Å²) in [6, 6.07) is 1.08. The Bertz CT molecular complexity index is 185. The summed E-state index contributed by atoms with van der Waals surface area (Å²) in [6.45, 7) is 10.0. The van der Waals surface area contributed by atoms with Gasteiger partial charge in [-0.25, -0.2) is 0 Å². The minimum absolute atomic E-state index is 0.554. The summed E-state index contributed by atoms with van der Waals surface area (Å²) < 4.78 is 22.8. The van der Waals surface area contributed by atoms with E-state index in [9.17, 15) is 0 Å². The van der Waals surface area contributed by atoms with Crippen LogP contribution in [0.5, 0.6) is 0 Å². The highest BCUT2D eigenvalue weighted by atomic mass is 28.4. The van der Waals surface area contributed by atoms with Crippen LogP contribution in [0.25, 0.3) is 0 Å². The zero-order valence-corrected chi connectivity index (χ0v) is 15.0. The van der Waals surface area contributed by atoms with Crippen molar-refractivity contribution in [1.29, 1.82) is 0 Å². The van der Waals surface area contributed by atoms with Gasteiger partial charge in [-0.2, -0.15) is 0 Å². The fourth-order valence-electron chi connectivity index (χ4n) is 1.56. The van der Waals surface area contributed by atoms with E-state index < -0.39 is 18.8 Å². The first-order valence-electron chi connectivity index (χ1n) is 7.21. The first-order valence-corrected chi connectivity index (χ1v) is 10.4. The number of hydrogen-bond donors (Lipinski definition) is 2. The van der Waals surface area contributed by atoms with Crippen molar-refractivity contribution in [3.05, 3.63) is 0 Å². The molecule has 0 bridgehead atoms. The van der Waals surface area contributed by atoms with Gasteiger partial charge in [0, 0.05) is 32.9 Å². The maximum Gasteiger partial charge on any atom is 0.668 e. The number of nitrogens with two attached hydrogens (primary N) is 1. The molecule has 0 aliphatic carbocycles. The van der Waals surface area contributed by atoms with E-state index >= 15 is 0 Å². The molecule has 0 unspecified atom stereocenters. The van der Waals surface area contributed by atoms with Gasteiger partial charge in [-0.05, 0) is 39.8 Å². The number of nitrogens with one attached hydrogen (secondary N) is 1. The van der Waals surface area contributed by atoms with Crippen LogP contribution in [0.1, 0.15) is 27.2 Å². The first kappa shape index (κ1) is 19.2. The lowest BCUT2D eigenvalue weighted by Crippen LogP contribution is -2.50. The molecule has 0 aromatic carbocycles. The third kappa shape index (κ3) is 9.69. The quantitative estimate of drug-likeness (QED) is 0.347. The van der Waals surface area contributed by atoms with Gasteiger partial charge in [-0.15, -0.1) is 0 Å². The van der Waals surface area contributed by atoms with E-state index in [1.165, 1.54) is 0 Å². The van der Waals surface area contributed by atoms with E-state index in [4.69, 9.17) is 23.1 Å². The number of rotatable bonds is 14. The first-order chi connectivity index (χ1) is 9.24. The van der Waals surface area contributed by atoms with E-state index in [0.717, 1.165) is 25.6 Å². The topological polar surface area (TPSA) is 75.0 Å². The SMILES string of the molecule is CCO[Si](OCC)(OCC)O[SiH2]CCCNCCN. The van der Waals surface area contributed by atoms with Crippen LogP contribution >= 0.6 is 0 Å². The molecule has 3 N–H and O–H groups in total. The van der Waals surface area contributed by atoms with Crippen LogP contribution < -0.4 is 11.1 Å². The predicted octanol–water partition coefficient (Wildman–Crippen LogP) is -0.0114. The average molecular weight is 311 g/mol. The lowest BCUT2D eigenvalue weighted by molar-refractivity contribution is 0.0105. The average Bonchev–Trinajstić information content (AvgIpc) is 2.39. The highest BCUT2D eigenvalue weighted by molar-refractivity contribution is 6.60. The van der Waals surface area contributed by atoms with E-state index in [2.05, 4.69) is 5.32 Å². The largest absolute Gasteiger partial charge is 0.668 e. The molecule has 8 heteroatoms. The standard InChI is InChI=1S/C11H30N2O4Si2/c1-4-14-19(15-5-2,16-6-3)17-18-11-7-9-13-10-8-12/h13H,4-12,18H2,1-3H3. The summed E-state index contributed by atoms with van der Waals surface area (Å²) >= 11 is 0. The van der Waals surface area contributed by atoms with Crippen LogP contribution in [0.4, 0.5) is 0 Å². The molecule has 0 amide bonds. The maximum absolute atomic E-state index is 5.92. The molecule has 0 rings (SSSR count). The summed E-state index contributed by atoms with van der Waals surface area (Å²) in [5.41, 5.74) is 5.40. The fourth-order valence-corrected chi connectivity index (χ4v) is 5.90. The van der Waals surface area contributed by atoms with Crippen molar-refractivity contribution in [3.63, 3.8) is 0 Å². The molecule has 0 aliphatic rings. The summed E-state index contributed by atoms with van der Waals surface area (Å²) in [7, 11) is -3.52. The Kier molecular flexibility index (Phi) is 13.3. The van der Waals surface area contributed by atoms with Gasteiger partial charge in [0.25, 0.3) is 0 Å². The minimum Gasteiger partial charge on any atom is -0.400 e. The second kappa shape index (κ2) is 13.2. The van der Waals surface area contributed by atoms with Crippen LogP contribution in [0.15, 0.2) is 0 Å². The van der Waals surface area contributed by atoms with Crippen LogP contribution in [-0.2, 0) is 17.4 Å². The monoisotopic (exact) mass is 310 g/mol. The van der Waals surface area contributed by atoms with Crippen LogP contribution in [0, 0.1) is 0 Å². The van der Waals surface area contributed by atoms with E-state index in [1.54, 1.807) is 0 Å². The third-order valence-electron chi connectivity index (χ3n) is 2.31. The smallest absolute Gasteiger partial charge is 0.400 e. The molecule has 0 spiro atoms. The number of hydrogen-bond acceptors (Lipinski definition) is 6. The van der Waals surface area contributed by atoms with Gasteiger partial charge < -0.3 is 28.4 Å². The summed E-state index contributed by atoms with van der Waals surface area (Å²) in [5, 5.41) is 3.27.